The van der Waals surface area contributed by atoms with Gasteiger partial charge in [-0.15, -0.1) is 0 Å². The smallest absolute Gasteiger partial charge is 0.200 e. The number of hydrogen-bond donors (Lipinski definition) is 0. The predicted octanol–water partition coefficient (Wildman–Crippen LogP) is 2.93. The fourth-order valence-corrected chi connectivity index (χ4v) is 2.00. The van der Waals surface area contributed by atoms with E-state index in [1.807, 2.05) is 48.5 Å². The van der Waals surface area contributed by atoms with E-state index in [-0.39, 0.29) is 12.4 Å². The van der Waals surface area contributed by atoms with E-state index >= 15 is 0 Å². The molecule has 1 aliphatic rings. The summed E-state index contributed by atoms with van der Waals surface area (Å²) in [5.41, 5.74) is 2.69. The Morgan fingerprint density at radius 3 is 2.25 bits per heavy atom. The highest BCUT2D eigenvalue weighted by Gasteiger charge is 2.19. The summed E-state index contributed by atoms with van der Waals surface area (Å²) in [5, 5.41) is 0. The Bertz CT molecular complexity index is 558. The average Bonchev–Trinajstić information content (AvgIpc) is 2.49. The van der Waals surface area contributed by atoms with Crippen LogP contribution in [0.15, 0.2) is 48.5 Å². The predicted molar refractivity (Wildman–Crippen MR) is 61.7 cm³/mol. The van der Waals surface area contributed by atoms with E-state index in [0.717, 1.165) is 22.4 Å². The molecule has 3 rings (SSSR count). The molecule has 2 aromatic rings. The molecule has 2 aromatic carbocycles. The number of fused-ring (bicyclic) bond motifs is 3. The van der Waals surface area contributed by atoms with Gasteiger partial charge in [0.25, 0.3) is 0 Å². The second-order valence-corrected chi connectivity index (χ2v) is 3.75. The fourth-order valence-electron chi connectivity index (χ4n) is 2.00. The van der Waals surface area contributed by atoms with Crippen molar-refractivity contribution in [2.24, 2.45) is 0 Å². The zero-order chi connectivity index (χ0) is 11.0. The van der Waals surface area contributed by atoms with Crippen molar-refractivity contribution in [1.82, 2.24) is 0 Å². The summed E-state index contributed by atoms with van der Waals surface area (Å²) in [6.45, 7) is 0.119. The molecule has 0 atom stereocenters. The maximum Gasteiger partial charge on any atom is 0.200 e. The lowest BCUT2D eigenvalue weighted by atomic mass is 9.98. The number of rotatable bonds is 0. The Balaban J connectivity index is 2.32. The Kier molecular flexibility index (Phi) is 2.00. The van der Waals surface area contributed by atoms with Gasteiger partial charge >= 0.3 is 0 Å². The second kappa shape index (κ2) is 3.49. The first kappa shape index (κ1) is 9.16. The molecule has 0 aliphatic carbocycles. The lowest BCUT2D eigenvalue weighted by molar-refractivity contribution is 0.0926. The number of carbonyl (C=O) groups is 1. The van der Waals surface area contributed by atoms with Crippen LogP contribution >= 0.6 is 0 Å². The van der Waals surface area contributed by atoms with Gasteiger partial charge in [-0.2, -0.15) is 0 Å². The molecular formula is C14H10O2. The first-order valence-corrected chi connectivity index (χ1v) is 5.21. The minimum Gasteiger partial charge on any atom is -0.485 e. The standard InChI is InChI=1S/C14H10O2/c15-13-9-16-14-8-4-3-7-12(14)10-5-1-2-6-11(10)13/h1-8H,9H2. The van der Waals surface area contributed by atoms with E-state index in [1.165, 1.54) is 0 Å². The normalized spacial score (nSPS) is 13.4. The SMILES string of the molecule is O=C1COc2ccccc2-c2ccccc21. The third kappa shape index (κ3) is 1.31. The summed E-state index contributed by atoms with van der Waals surface area (Å²) >= 11 is 0. The third-order valence-electron chi connectivity index (χ3n) is 2.76. The van der Waals surface area contributed by atoms with Crippen LogP contribution in [0.25, 0.3) is 11.1 Å². The number of ether oxygens (including phenoxy) is 1. The van der Waals surface area contributed by atoms with Crippen LogP contribution in [0.5, 0.6) is 5.75 Å². The Hall–Kier alpha value is -2.09. The molecule has 1 aliphatic heterocycles. The van der Waals surface area contributed by atoms with Crippen LogP contribution < -0.4 is 4.74 Å². The maximum atomic E-state index is 11.8. The van der Waals surface area contributed by atoms with Crippen LogP contribution in [0.4, 0.5) is 0 Å². The summed E-state index contributed by atoms with van der Waals surface area (Å²) < 4.78 is 5.49. The molecule has 0 aromatic heterocycles. The number of hydrogen-bond acceptors (Lipinski definition) is 2. The molecule has 0 saturated heterocycles. The van der Waals surface area contributed by atoms with Gasteiger partial charge in [-0.1, -0.05) is 42.5 Å². The van der Waals surface area contributed by atoms with Gasteiger partial charge in [0.1, 0.15) is 5.75 Å². The summed E-state index contributed by atoms with van der Waals surface area (Å²) in [4.78, 5) is 11.8. The fraction of sp³-hybridized carbons (Fsp3) is 0.0714. The summed E-state index contributed by atoms with van der Waals surface area (Å²) in [5.74, 6) is 0.813. The molecule has 0 unspecified atom stereocenters. The molecule has 0 radical (unpaired) electrons. The minimum atomic E-state index is 0.0341. The van der Waals surface area contributed by atoms with E-state index in [2.05, 4.69) is 0 Å². The molecule has 0 spiro atoms. The molecule has 0 amide bonds. The lowest BCUT2D eigenvalue weighted by Crippen LogP contribution is -2.09. The highest BCUT2D eigenvalue weighted by atomic mass is 16.5. The second-order valence-electron chi connectivity index (χ2n) is 3.75. The van der Waals surface area contributed by atoms with Crippen LogP contribution in [-0.4, -0.2) is 12.4 Å². The topological polar surface area (TPSA) is 26.3 Å². The molecule has 0 fully saturated rings. The van der Waals surface area contributed by atoms with Crippen molar-refractivity contribution >= 4 is 5.78 Å². The summed E-state index contributed by atoms with van der Waals surface area (Å²) in [7, 11) is 0. The van der Waals surface area contributed by atoms with E-state index in [4.69, 9.17) is 4.74 Å². The van der Waals surface area contributed by atoms with E-state index in [9.17, 15) is 4.79 Å². The lowest BCUT2D eigenvalue weighted by Gasteiger charge is -2.06. The third-order valence-corrected chi connectivity index (χ3v) is 2.76. The van der Waals surface area contributed by atoms with E-state index in [0.29, 0.717) is 0 Å². The van der Waals surface area contributed by atoms with Crippen LogP contribution in [-0.2, 0) is 0 Å². The first-order valence-electron chi connectivity index (χ1n) is 5.21. The largest absolute Gasteiger partial charge is 0.485 e. The minimum absolute atomic E-state index is 0.0341. The van der Waals surface area contributed by atoms with Crippen molar-refractivity contribution in [2.45, 2.75) is 0 Å². The van der Waals surface area contributed by atoms with Crippen molar-refractivity contribution in [3.8, 4) is 16.9 Å². The summed E-state index contributed by atoms with van der Waals surface area (Å²) in [6.07, 6.45) is 0. The molecule has 16 heavy (non-hydrogen) atoms. The number of benzene rings is 2. The van der Waals surface area contributed by atoms with Gasteiger partial charge in [-0.05, 0) is 11.6 Å². The molecule has 1 heterocycles. The monoisotopic (exact) mass is 210 g/mol. The van der Waals surface area contributed by atoms with Gasteiger partial charge in [-0.3, -0.25) is 4.79 Å². The molecule has 2 heteroatoms. The van der Waals surface area contributed by atoms with Crippen LogP contribution in [0.2, 0.25) is 0 Å². The molecule has 0 bridgehead atoms. The molecule has 78 valence electrons. The summed E-state index contributed by atoms with van der Waals surface area (Å²) in [6, 6.07) is 15.4. The van der Waals surface area contributed by atoms with Gasteiger partial charge in [0, 0.05) is 11.1 Å². The van der Waals surface area contributed by atoms with Crippen molar-refractivity contribution in [3.05, 3.63) is 54.1 Å². The average molecular weight is 210 g/mol. The van der Waals surface area contributed by atoms with E-state index < -0.39 is 0 Å². The van der Waals surface area contributed by atoms with Crippen molar-refractivity contribution in [3.63, 3.8) is 0 Å². The first-order chi connectivity index (χ1) is 7.86. The van der Waals surface area contributed by atoms with E-state index in [1.54, 1.807) is 0 Å². The number of ketones is 1. The Labute approximate surface area is 93.5 Å². The van der Waals surface area contributed by atoms with Crippen molar-refractivity contribution in [2.75, 3.05) is 6.61 Å². The Morgan fingerprint density at radius 1 is 0.812 bits per heavy atom. The molecular weight excluding hydrogens is 200 g/mol. The maximum absolute atomic E-state index is 11.8. The van der Waals surface area contributed by atoms with Gasteiger partial charge in [0.2, 0.25) is 5.78 Å². The van der Waals surface area contributed by atoms with Gasteiger partial charge in [0.15, 0.2) is 6.61 Å². The van der Waals surface area contributed by atoms with Gasteiger partial charge in [-0.25, -0.2) is 0 Å². The number of para-hydroxylation sites is 1. The highest BCUT2D eigenvalue weighted by molar-refractivity contribution is 6.04. The van der Waals surface area contributed by atoms with Crippen LogP contribution in [0.1, 0.15) is 10.4 Å². The molecule has 0 saturated carbocycles. The molecule has 2 nitrogen and oxygen atoms in total. The van der Waals surface area contributed by atoms with Gasteiger partial charge < -0.3 is 4.74 Å². The van der Waals surface area contributed by atoms with Crippen LogP contribution in [0, 0.1) is 0 Å². The quantitative estimate of drug-likeness (QED) is 0.668. The van der Waals surface area contributed by atoms with Crippen molar-refractivity contribution < 1.29 is 9.53 Å². The Morgan fingerprint density at radius 2 is 1.44 bits per heavy atom. The molecule has 0 N–H and O–H groups in total. The zero-order valence-corrected chi connectivity index (χ0v) is 8.64. The highest BCUT2D eigenvalue weighted by Crippen LogP contribution is 2.34. The van der Waals surface area contributed by atoms with Crippen LogP contribution in [0.3, 0.4) is 0 Å². The zero-order valence-electron chi connectivity index (χ0n) is 8.64. The number of Topliss-reactive ketones (excluding diaryl/α,β-unsaturated/α-hetero) is 1. The van der Waals surface area contributed by atoms with Crippen molar-refractivity contribution in [1.29, 1.82) is 0 Å². The number of carbonyl (C=O) groups excluding carboxylic acids is 1. The van der Waals surface area contributed by atoms with Gasteiger partial charge in [0.05, 0.1) is 0 Å².